The molecule has 122 valence electrons. The monoisotopic (exact) mass is 325 g/mol. The summed E-state index contributed by atoms with van der Waals surface area (Å²) in [5, 5.41) is 5.57. The first-order valence-electron chi connectivity index (χ1n) is 8.35. The van der Waals surface area contributed by atoms with Crippen molar-refractivity contribution >= 4 is 22.8 Å². The van der Waals surface area contributed by atoms with Gasteiger partial charge in [0.05, 0.1) is 11.9 Å². The van der Waals surface area contributed by atoms with Crippen molar-refractivity contribution in [3.8, 4) is 0 Å². The van der Waals surface area contributed by atoms with Gasteiger partial charge in [-0.05, 0) is 40.8 Å². The number of hydrogen-bond donors (Lipinski definition) is 1. The quantitative estimate of drug-likeness (QED) is 0.400. The van der Waals surface area contributed by atoms with Crippen molar-refractivity contribution in [2.24, 2.45) is 5.10 Å². The summed E-state index contributed by atoms with van der Waals surface area (Å²) < 4.78 is 2.27. The Kier molecular flexibility index (Phi) is 4.29. The lowest BCUT2D eigenvalue weighted by molar-refractivity contribution is 0.837. The number of nitrogens with one attached hydrogen (secondary N) is 1. The Morgan fingerprint density at radius 1 is 0.840 bits per heavy atom. The topological polar surface area (TPSA) is 29.3 Å². The summed E-state index contributed by atoms with van der Waals surface area (Å²) in [6.45, 7) is 0.868. The number of nitrogens with zero attached hydrogens (tertiary/aromatic N) is 2. The molecule has 0 radical (unpaired) electrons. The second-order valence-electron chi connectivity index (χ2n) is 5.98. The number of rotatable bonds is 5. The van der Waals surface area contributed by atoms with Gasteiger partial charge in [0.2, 0.25) is 0 Å². The molecule has 0 saturated heterocycles. The highest BCUT2D eigenvalue weighted by atomic mass is 15.3. The molecule has 25 heavy (non-hydrogen) atoms. The third-order valence-corrected chi connectivity index (χ3v) is 4.17. The Balaban J connectivity index is 1.56. The van der Waals surface area contributed by atoms with Crippen LogP contribution in [0.2, 0.25) is 0 Å². The van der Waals surface area contributed by atoms with Crippen LogP contribution in [-0.4, -0.2) is 10.8 Å². The number of aromatic nitrogens is 1. The molecule has 0 aliphatic rings. The van der Waals surface area contributed by atoms with Crippen LogP contribution in [0.25, 0.3) is 10.9 Å². The van der Waals surface area contributed by atoms with Gasteiger partial charge >= 0.3 is 0 Å². The van der Waals surface area contributed by atoms with Gasteiger partial charge in [0.25, 0.3) is 0 Å². The molecule has 4 aromatic rings. The maximum atomic E-state index is 4.33. The second-order valence-corrected chi connectivity index (χ2v) is 5.98. The Morgan fingerprint density at radius 3 is 2.40 bits per heavy atom. The van der Waals surface area contributed by atoms with Crippen molar-refractivity contribution in [2.45, 2.75) is 6.54 Å². The first-order valence-corrected chi connectivity index (χ1v) is 8.35. The number of para-hydroxylation sites is 1. The normalized spacial score (nSPS) is 11.2. The largest absolute Gasteiger partial charge is 0.343 e. The van der Waals surface area contributed by atoms with Crippen LogP contribution in [0, 0.1) is 0 Å². The molecule has 3 nitrogen and oxygen atoms in total. The molecule has 0 bridgehead atoms. The number of fused-ring (bicyclic) bond motifs is 1. The average Bonchev–Trinajstić information content (AvgIpc) is 3.06. The number of anilines is 1. The fourth-order valence-electron chi connectivity index (χ4n) is 2.89. The zero-order valence-corrected chi connectivity index (χ0v) is 13.8. The van der Waals surface area contributed by atoms with Gasteiger partial charge < -0.3 is 4.57 Å². The van der Waals surface area contributed by atoms with Crippen molar-refractivity contribution in [1.82, 2.24) is 4.57 Å². The van der Waals surface area contributed by atoms with Crippen LogP contribution in [0.1, 0.15) is 11.1 Å². The molecule has 1 heterocycles. The van der Waals surface area contributed by atoms with Gasteiger partial charge in [0.15, 0.2) is 0 Å². The number of hydrogen-bond acceptors (Lipinski definition) is 2. The van der Waals surface area contributed by atoms with Gasteiger partial charge in [0.1, 0.15) is 0 Å². The Hall–Kier alpha value is -3.33. The van der Waals surface area contributed by atoms with E-state index in [0.717, 1.165) is 17.8 Å². The van der Waals surface area contributed by atoms with E-state index in [1.54, 1.807) is 0 Å². The van der Waals surface area contributed by atoms with Crippen molar-refractivity contribution in [3.05, 3.63) is 102 Å². The van der Waals surface area contributed by atoms with Crippen molar-refractivity contribution in [1.29, 1.82) is 0 Å². The zero-order chi connectivity index (χ0) is 16.9. The highest BCUT2D eigenvalue weighted by Crippen LogP contribution is 2.18. The van der Waals surface area contributed by atoms with E-state index in [2.05, 4.69) is 69.8 Å². The molecule has 0 aliphatic carbocycles. The van der Waals surface area contributed by atoms with Crippen LogP contribution in [0.5, 0.6) is 0 Å². The van der Waals surface area contributed by atoms with Gasteiger partial charge in [-0.2, -0.15) is 5.10 Å². The molecule has 0 atom stereocenters. The predicted molar refractivity (Wildman–Crippen MR) is 105 cm³/mol. The maximum absolute atomic E-state index is 4.33. The fraction of sp³-hybridized carbons (Fsp3) is 0.0455. The lowest BCUT2D eigenvalue weighted by Crippen LogP contribution is -1.98. The van der Waals surface area contributed by atoms with Gasteiger partial charge in [-0.15, -0.1) is 0 Å². The number of benzene rings is 3. The van der Waals surface area contributed by atoms with Crippen LogP contribution in [-0.2, 0) is 6.54 Å². The molecule has 4 rings (SSSR count). The van der Waals surface area contributed by atoms with E-state index in [0.29, 0.717) is 0 Å². The van der Waals surface area contributed by atoms with Gasteiger partial charge in [-0.3, -0.25) is 5.43 Å². The minimum Gasteiger partial charge on any atom is -0.343 e. The van der Waals surface area contributed by atoms with Crippen LogP contribution in [0.15, 0.2) is 96.2 Å². The highest BCUT2D eigenvalue weighted by molar-refractivity contribution is 5.89. The summed E-state index contributed by atoms with van der Waals surface area (Å²) in [5.74, 6) is 0. The molecule has 3 aromatic carbocycles. The van der Waals surface area contributed by atoms with E-state index in [1.165, 1.54) is 16.5 Å². The molecule has 0 unspecified atom stereocenters. The third kappa shape index (κ3) is 3.61. The zero-order valence-electron chi connectivity index (χ0n) is 13.8. The van der Waals surface area contributed by atoms with E-state index in [9.17, 15) is 0 Å². The van der Waals surface area contributed by atoms with Gasteiger partial charge in [0, 0.05) is 18.3 Å². The second kappa shape index (κ2) is 7.05. The number of hydrazone groups is 1. The van der Waals surface area contributed by atoms with Gasteiger partial charge in [-0.25, -0.2) is 0 Å². The Labute approximate surface area is 147 Å². The van der Waals surface area contributed by atoms with Crippen LogP contribution >= 0.6 is 0 Å². The standard InChI is InChI=1S/C22H19N3/c1-3-7-18(8-4-1)17-25-14-13-20-12-11-19(15-22(20)25)16-23-24-21-9-5-2-6-10-21/h1-16,24H,17H2. The van der Waals surface area contributed by atoms with Crippen LogP contribution in [0.3, 0.4) is 0 Å². The van der Waals surface area contributed by atoms with Crippen molar-refractivity contribution in [2.75, 3.05) is 5.43 Å². The van der Waals surface area contributed by atoms with Gasteiger partial charge in [-0.1, -0.05) is 60.7 Å². The summed E-state index contributed by atoms with van der Waals surface area (Å²) in [7, 11) is 0. The Bertz CT molecular complexity index is 986. The van der Waals surface area contributed by atoms with Crippen LogP contribution < -0.4 is 5.43 Å². The minimum absolute atomic E-state index is 0.868. The summed E-state index contributed by atoms with van der Waals surface area (Å²) in [4.78, 5) is 0. The average molecular weight is 325 g/mol. The lowest BCUT2D eigenvalue weighted by Gasteiger charge is -2.06. The maximum Gasteiger partial charge on any atom is 0.0561 e. The van der Waals surface area contributed by atoms with Crippen molar-refractivity contribution in [3.63, 3.8) is 0 Å². The summed E-state index contributed by atoms with van der Waals surface area (Å²) >= 11 is 0. The molecule has 0 aliphatic heterocycles. The van der Waals surface area contributed by atoms with Crippen LogP contribution in [0.4, 0.5) is 5.69 Å². The SMILES string of the molecule is C(=NNc1ccccc1)c1ccc2ccn(Cc3ccccc3)c2c1. The minimum atomic E-state index is 0.868. The molecule has 0 saturated carbocycles. The summed E-state index contributed by atoms with van der Waals surface area (Å²) in [6, 6.07) is 29.0. The summed E-state index contributed by atoms with van der Waals surface area (Å²) in [5.41, 5.74) is 7.62. The van der Waals surface area contributed by atoms with E-state index in [4.69, 9.17) is 0 Å². The fourth-order valence-corrected chi connectivity index (χ4v) is 2.89. The predicted octanol–water partition coefficient (Wildman–Crippen LogP) is 5.14. The molecule has 0 spiro atoms. The summed E-state index contributed by atoms with van der Waals surface area (Å²) in [6.07, 6.45) is 3.99. The smallest absolute Gasteiger partial charge is 0.0561 e. The van der Waals surface area contributed by atoms with Crippen molar-refractivity contribution < 1.29 is 0 Å². The highest BCUT2D eigenvalue weighted by Gasteiger charge is 2.02. The van der Waals surface area contributed by atoms with E-state index < -0.39 is 0 Å². The molecule has 1 N–H and O–H groups in total. The molecular formula is C22H19N3. The lowest BCUT2D eigenvalue weighted by atomic mass is 10.2. The van der Waals surface area contributed by atoms with E-state index in [-0.39, 0.29) is 0 Å². The molecule has 1 aromatic heterocycles. The molecule has 0 amide bonds. The molecule has 3 heteroatoms. The molecule has 0 fully saturated rings. The third-order valence-electron chi connectivity index (χ3n) is 4.17. The Morgan fingerprint density at radius 2 is 1.60 bits per heavy atom. The van der Waals surface area contributed by atoms with E-state index >= 15 is 0 Å². The first-order chi connectivity index (χ1) is 12.4. The molecular weight excluding hydrogens is 306 g/mol. The first kappa shape index (κ1) is 15.2. The van der Waals surface area contributed by atoms with E-state index in [1.807, 2.05) is 42.6 Å².